The maximum atomic E-state index is 13.0. The lowest BCUT2D eigenvalue weighted by Gasteiger charge is -2.11. The van der Waals surface area contributed by atoms with E-state index >= 15 is 0 Å². The summed E-state index contributed by atoms with van der Waals surface area (Å²) in [5.74, 6) is 0.307. The second-order valence-electron chi connectivity index (χ2n) is 5.56. The predicted molar refractivity (Wildman–Crippen MR) is 89.6 cm³/mol. The van der Waals surface area contributed by atoms with Crippen LogP contribution >= 0.6 is 0 Å². The van der Waals surface area contributed by atoms with E-state index in [-0.39, 0.29) is 5.82 Å². The number of rotatable bonds is 5. The maximum Gasteiger partial charge on any atom is 0.197 e. The molecule has 0 bridgehead atoms. The monoisotopic (exact) mass is 341 g/mol. The van der Waals surface area contributed by atoms with E-state index in [1.165, 1.54) is 12.1 Å². The number of pyridine rings is 1. The van der Waals surface area contributed by atoms with E-state index in [1.807, 2.05) is 18.2 Å². The lowest BCUT2D eigenvalue weighted by molar-refractivity contribution is -1.19. The summed E-state index contributed by atoms with van der Waals surface area (Å²) in [7, 11) is 1.56. The smallest absolute Gasteiger partial charge is 0.197 e. The molecule has 0 unspecified atom stereocenters. The van der Waals surface area contributed by atoms with Crippen LogP contribution in [0.15, 0.2) is 60.7 Å². The molecule has 128 valence electrons. The topological polar surface area (TPSA) is 67.0 Å². The van der Waals surface area contributed by atoms with E-state index in [0.717, 1.165) is 11.3 Å². The lowest BCUT2D eigenvalue weighted by atomic mass is 10.1. The lowest BCUT2D eigenvalue weighted by Crippen LogP contribution is -3.01. The van der Waals surface area contributed by atoms with E-state index < -0.39 is 5.23 Å². The van der Waals surface area contributed by atoms with Crippen LogP contribution in [0, 0.1) is 5.82 Å². The summed E-state index contributed by atoms with van der Waals surface area (Å²) < 4.78 is 18.4. The highest BCUT2D eigenvalue weighted by molar-refractivity contribution is 5.68. The van der Waals surface area contributed by atoms with Gasteiger partial charge in [0, 0.05) is 29.8 Å². The molecule has 1 heterocycles. The van der Waals surface area contributed by atoms with Crippen molar-refractivity contribution in [2.45, 2.75) is 6.42 Å². The number of ether oxygens (including phenoxy) is 1. The molecule has 6 heteroatoms. The van der Waals surface area contributed by atoms with Gasteiger partial charge in [-0.15, -0.1) is 0 Å². The van der Waals surface area contributed by atoms with Crippen LogP contribution in [-0.4, -0.2) is 22.5 Å². The zero-order chi connectivity index (χ0) is 17.8. The van der Waals surface area contributed by atoms with Gasteiger partial charge in [-0.3, -0.25) is 0 Å². The van der Waals surface area contributed by atoms with Crippen molar-refractivity contribution in [1.29, 1.82) is 0 Å². The zero-order valence-electron chi connectivity index (χ0n) is 13.6. The minimum atomic E-state index is -0.747. The Hall–Kier alpha value is -2.80. The number of halogens is 1. The Morgan fingerprint density at radius 2 is 1.80 bits per heavy atom. The number of aromatic nitrogens is 1. The average Bonchev–Trinajstić information content (AvgIpc) is 2.63. The zero-order valence-corrected chi connectivity index (χ0v) is 13.6. The Morgan fingerprint density at radius 3 is 2.48 bits per heavy atom. The highest BCUT2D eigenvalue weighted by atomic mass is 19.1. The Kier molecular flexibility index (Phi) is 5.04. The van der Waals surface area contributed by atoms with Crippen molar-refractivity contribution in [3.63, 3.8) is 0 Å². The van der Waals surface area contributed by atoms with Crippen molar-refractivity contribution >= 4 is 5.69 Å². The van der Waals surface area contributed by atoms with Crippen LogP contribution in [0.1, 0.15) is 11.3 Å². The third-order valence-electron chi connectivity index (χ3n) is 3.83. The van der Waals surface area contributed by atoms with Crippen LogP contribution in [0.3, 0.4) is 0 Å². The van der Waals surface area contributed by atoms with Crippen LogP contribution < -0.4 is 9.96 Å². The van der Waals surface area contributed by atoms with Crippen LogP contribution in [0.4, 0.5) is 10.1 Å². The standard InChI is InChI=1S/C19H17FN2O3/c1-25-18-10-9-16(11-13-5-7-15(20)8-6-13)21-19(18)14-3-2-4-17(12-14)22(23)24/h2-10,12,23-24H,11H2,1H3/p+1. The molecular formula is C19H18FN2O3+. The molecule has 3 N–H and O–H groups in total. The molecule has 0 aliphatic heterocycles. The Labute approximate surface area is 144 Å². The van der Waals surface area contributed by atoms with Crippen LogP contribution in [0.2, 0.25) is 0 Å². The predicted octanol–water partition coefficient (Wildman–Crippen LogP) is 2.78. The number of hydrogen-bond acceptors (Lipinski definition) is 4. The summed E-state index contributed by atoms with van der Waals surface area (Å²) in [6.07, 6.45) is 0.550. The highest BCUT2D eigenvalue weighted by Gasteiger charge is 2.13. The summed E-state index contributed by atoms with van der Waals surface area (Å²) in [5, 5.41) is 17.8. The summed E-state index contributed by atoms with van der Waals surface area (Å²) in [6.45, 7) is 0. The van der Waals surface area contributed by atoms with E-state index in [9.17, 15) is 14.8 Å². The fraction of sp³-hybridized carbons (Fsp3) is 0.105. The van der Waals surface area contributed by atoms with Gasteiger partial charge in [0.15, 0.2) is 5.69 Å². The van der Waals surface area contributed by atoms with Crippen LogP contribution in [-0.2, 0) is 6.42 Å². The molecule has 0 atom stereocenters. The molecule has 0 saturated heterocycles. The van der Waals surface area contributed by atoms with Gasteiger partial charge < -0.3 is 4.74 Å². The first kappa shape index (κ1) is 17.0. The number of nitrogens with zero attached hydrogens (tertiary/aromatic N) is 1. The maximum absolute atomic E-state index is 13.0. The molecule has 3 aromatic rings. The molecule has 0 aliphatic rings. The molecule has 0 saturated carbocycles. The van der Waals surface area contributed by atoms with Gasteiger partial charge in [-0.05, 0) is 35.1 Å². The Balaban J connectivity index is 1.97. The van der Waals surface area contributed by atoms with Gasteiger partial charge in [-0.25, -0.2) is 9.37 Å². The van der Waals surface area contributed by atoms with Gasteiger partial charge in [0.25, 0.3) is 0 Å². The van der Waals surface area contributed by atoms with E-state index in [4.69, 9.17) is 4.74 Å². The van der Waals surface area contributed by atoms with Crippen molar-refractivity contribution in [3.05, 3.63) is 77.7 Å². The summed E-state index contributed by atoms with van der Waals surface area (Å²) >= 11 is 0. The largest absolute Gasteiger partial charge is 0.494 e. The minimum absolute atomic E-state index is 0.274. The number of methoxy groups -OCH3 is 1. The Morgan fingerprint density at radius 1 is 1.04 bits per heavy atom. The summed E-state index contributed by atoms with van der Waals surface area (Å²) in [6, 6.07) is 16.7. The number of quaternary nitrogens is 1. The normalized spacial score (nSPS) is 10.9. The van der Waals surface area contributed by atoms with E-state index in [1.54, 1.807) is 37.4 Å². The van der Waals surface area contributed by atoms with E-state index in [2.05, 4.69) is 4.98 Å². The fourth-order valence-corrected chi connectivity index (χ4v) is 2.57. The van der Waals surface area contributed by atoms with Crippen LogP contribution in [0.25, 0.3) is 11.3 Å². The van der Waals surface area contributed by atoms with Gasteiger partial charge in [0.1, 0.15) is 17.3 Å². The molecule has 0 spiro atoms. The molecule has 0 radical (unpaired) electrons. The first-order valence-corrected chi connectivity index (χ1v) is 7.71. The van der Waals surface area contributed by atoms with Crippen molar-refractivity contribution in [2.24, 2.45) is 0 Å². The molecule has 0 fully saturated rings. The molecule has 1 aromatic heterocycles. The summed E-state index contributed by atoms with van der Waals surface area (Å²) in [5.41, 5.74) is 3.34. The molecule has 5 nitrogen and oxygen atoms in total. The first-order chi connectivity index (χ1) is 12.1. The van der Waals surface area contributed by atoms with E-state index in [0.29, 0.717) is 29.1 Å². The molecule has 0 aliphatic carbocycles. The second-order valence-corrected chi connectivity index (χ2v) is 5.56. The second kappa shape index (κ2) is 7.40. The SMILES string of the molecule is COc1ccc(Cc2ccc(F)cc2)nc1-c1cccc([NH+](O)O)c1. The third-order valence-corrected chi connectivity index (χ3v) is 3.83. The molecule has 3 rings (SSSR count). The van der Waals surface area contributed by atoms with Crippen LogP contribution in [0.5, 0.6) is 5.75 Å². The van der Waals surface area contributed by atoms with Crippen molar-refractivity contribution < 1.29 is 24.8 Å². The number of nitrogens with one attached hydrogen (secondary N) is 1. The Bertz CT molecular complexity index is 867. The molecule has 0 amide bonds. The van der Waals surface area contributed by atoms with Gasteiger partial charge in [-0.1, -0.05) is 24.3 Å². The summed E-state index contributed by atoms with van der Waals surface area (Å²) in [4.78, 5) is 4.64. The van der Waals surface area contributed by atoms with Gasteiger partial charge in [-0.2, -0.15) is 10.4 Å². The molecule has 25 heavy (non-hydrogen) atoms. The molecular weight excluding hydrogens is 323 g/mol. The fourth-order valence-electron chi connectivity index (χ4n) is 2.57. The quantitative estimate of drug-likeness (QED) is 0.624. The number of hydrogen-bond donors (Lipinski definition) is 3. The van der Waals surface area contributed by atoms with Gasteiger partial charge >= 0.3 is 0 Å². The van der Waals surface area contributed by atoms with Crippen molar-refractivity contribution in [2.75, 3.05) is 7.11 Å². The number of benzene rings is 2. The van der Waals surface area contributed by atoms with Crippen molar-refractivity contribution in [3.8, 4) is 17.0 Å². The first-order valence-electron chi connectivity index (χ1n) is 7.71. The minimum Gasteiger partial charge on any atom is -0.494 e. The highest BCUT2D eigenvalue weighted by Crippen LogP contribution is 2.29. The van der Waals surface area contributed by atoms with Gasteiger partial charge in [0.05, 0.1) is 7.11 Å². The molecule has 2 aromatic carbocycles. The third kappa shape index (κ3) is 4.00. The average molecular weight is 341 g/mol. The van der Waals surface area contributed by atoms with Crippen molar-refractivity contribution in [1.82, 2.24) is 4.98 Å². The van der Waals surface area contributed by atoms with Gasteiger partial charge in [0.2, 0.25) is 0 Å².